The average molecular weight is 382 g/mol. The van der Waals surface area contributed by atoms with Crippen LogP contribution in [0.1, 0.15) is 23.6 Å². The Kier molecular flexibility index (Phi) is 4.83. The van der Waals surface area contributed by atoms with E-state index in [2.05, 4.69) is 25.1 Å². The quantitative estimate of drug-likeness (QED) is 0.578. The molecule has 0 bridgehead atoms. The average Bonchev–Trinajstić information content (AvgIpc) is 3.13. The van der Waals surface area contributed by atoms with Crippen molar-refractivity contribution in [1.29, 1.82) is 0 Å². The van der Waals surface area contributed by atoms with Crippen molar-refractivity contribution in [1.82, 2.24) is 4.90 Å². The number of carbonyl (C=O) groups excluding carboxylic acids is 1. The minimum Gasteiger partial charge on any atom is -0.490 e. The lowest BCUT2D eigenvalue weighted by molar-refractivity contribution is -0.122. The highest BCUT2D eigenvalue weighted by atomic mass is 32.2. The second kappa shape index (κ2) is 7.25. The standard InChI is InChI=1S/C21H19NO2S2/c1-14-11-17-12-16(7-8-18(17)24-14)13-19-20(23)22(21(25)26-19)10-9-15-5-3-2-4-6-15/h2-8,12-14H,9-11H2,1H3/b19-13-/t14-/m1/s1. The maximum atomic E-state index is 12.8. The number of ether oxygens (including phenoxy) is 1. The Morgan fingerprint density at radius 2 is 2.08 bits per heavy atom. The molecule has 0 aliphatic carbocycles. The fourth-order valence-corrected chi connectivity index (χ4v) is 4.57. The molecule has 2 aliphatic heterocycles. The molecule has 2 aromatic rings. The summed E-state index contributed by atoms with van der Waals surface area (Å²) in [5.74, 6) is 0.950. The molecule has 0 aromatic heterocycles. The number of amides is 1. The largest absolute Gasteiger partial charge is 0.490 e. The van der Waals surface area contributed by atoms with Crippen molar-refractivity contribution < 1.29 is 9.53 Å². The first-order chi connectivity index (χ1) is 12.6. The number of nitrogens with zero attached hydrogens (tertiary/aromatic N) is 1. The predicted molar refractivity (Wildman–Crippen MR) is 110 cm³/mol. The smallest absolute Gasteiger partial charge is 0.266 e. The number of benzene rings is 2. The van der Waals surface area contributed by atoms with Crippen LogP contribution in [0.5, 0.6) is 5.75 Å². The van der Waals surface area contributed by atoms with E-state index >= 15 is 0 Å². The molecule has 1 saturated heterocycles. The minimum atomic E-state index is 0.000970. The van der Waals surface area contributed by atoms with Crippen LogP contribution in [0.15, 0.2) is 53.4 Å². The summed E-state index contributed by atoms with van der Waals surface area (Å²) in [5, 5.41) is 0. The Morgan fingerprint density at radius 3 is 2.88 bits per heavy atom. The van der Waals surface area contributed by atoms with E-state index in [0.717, 1.165) is 24.2 Å². The van der Waals surface area contributed by atoms with Gasteiger partial charge in [-0.2, -0.15) is 0 Å². The molecule has 0 saturated carbocycles. The molecule has 2 heterocycles. The molecule has 2 aromatic carbocycles. The van der Waals surface area contributed by atoms with Crippen LogP contribution < -0.4 is 4.74 Å². The number of thiocarbonyl (C=S) groups is 1. The highest BCUT2D eigenvalue weighted by molar-refractivity contribution is 8.26. The van der Waals surface area contributed by atoms with Crippen molar-refractivity contribution in [2.75, 3.05) is 6.54 Å². The van der Waals surface area contributed by atoms with Crippen LogP contribution in [0.25, 0.3) is 6.08 Å². The van der Waals surface area contributed by atoms with E-state index < -0.39 is 0 Å². The first kappa shape index (κ1) is 17.3. The molecule has 0 radical (unpaired) electrons. The third-order valence-electron chi connectivity index (χ3n) is 4.56. The molecule has 0 N–H and O–H groups in total. The Bertz CT molecular complexity index is 892. The molecule has 1 atom stereocenters. The zero-order valence-corrected chi connectivity index (χ0v) is 16.1. The van der Waals surface area contributed by atoms with Crippen LogP contribution in [-0.2, 0) is 17.6 Å². The lowest BCUT2D eigenvalue weighted by atomic mass is 10.1. The topological polar surface area (TPSA) is 29.5 Å². The maximum Gasteiger partial charge on any atom is 0.266 e. The second-order valence-electron chi connectivity index (χ2n) is 6.57. The molecule has 26 heavy (non-hydrogen) atoms. The number of carbonyl (C=O) groups is 1. The molecule has 4 rings (SSSR count). The van der Waals surface area contributed by atoms with Gasteiger partial charge >= 0.3 is 0 Å². The minimum absolute atomic E-state index is 0.000970. The number of thioether (sulfide) groups is 1. The Balaban J connectivity index is 1.48. The zero-order valence-electron chi connectivity index (χ0n) is 14.5. The summed E-state index contributed by atoms with van der Waals surface area (Å²) < 4.78 is 6.37. The third-order valence-corrected chi connectivity index (χ3v) is 5.94. The van der Waals surface area contributed by atoms with Crippen LogP contribution in [0, 0.1) is 0 Å². The maximum absolute atomic E-state index is 12.8. The van der Waals surface area contributed by atoms with Crippen LogP contribution >= 0.6 is 24.0 Å². The van der Waals surface area contributed by atoms with E-state index in [4.69, 9.17) is 17.0 Å². The van der Waals surface area contributed by atoms with Crippen molar-refractivity contribution in [3.05, 3.63) is 70.1 Å². The summed E-state index contributed by atoms with van der Waals surface area (Å²) in [6.45, 7) is 2.68. The van der Waals surface area contributed by atoms with Gasteiger partial charge in [-0.3, -0.25) is 9.69 Å². The van der Waals surface area contributed by atoms with Crippen molar-refractivity contribution in [3.8, 4) is 5.75 Å². The number of hydrogen-bond acceptors (Lipinski definition) is 4. The highest BCUT2D eigenvalue weighted by Gasteiger charge is 2.31. The summed E-state index contributed by atoms with van der Waals surface area (Å²) in [6.07, 6.45) is 3.87. The van der Waals surface area contributed by atoms with Gasteiger partial charge in [0.05, 0.1) is 4.91 Å². The Labute approximate surface area is 163 Å². The van der Waals surface area contributed by atoms with Crippen molar-refractivity contribution >= 4 is 40.3 Å². The Morgan fingerprint density at radius 1 is 1.27 bits per heavy atom. The first-order valence-corrected chi connectivity index (χ1v) is 9.91. The van der Waals surface area contributed by atoms with Crippen LogP contribution in [0.4, 0.5) is 0 Å². The first-order valence-electron chi connectivity index (χ1n) is 8.69. The summed E-state index contributed by atoms with van der Waals surface area (Å²) in [6, 6.07) is 16.2. The third kappa shape index (κ3) is 3.55. The van der Waals surface area contributed by atoms with Gasteiger partial charge in [-0.1, -0.05) is 60.4 Å². The molecule has 1 amide bonds. The van der Waals surface area contributed by atoms with E-state index in [1.165, 1.54) is 22.9 Å². The molecule has 0 spiro atoms. The van der Waals surface area contributed by atoms with Crippen LogP contribution in [0.3, 0.4) is 0 Å². The molecule has 1 fully saturated rings. The van der Waals surface area contributed by atoms with E-state index in [-0.39, 0.29) is 12.0 Å². The van der Waals surface area contributed by atoms with Gasteiger partial charge in [0, 0.05) is 13.0 Å². The number of hydrogen-bond donors (Lipinski definition) is 0. The second-order valence-corrected chi connectivity index (χ2v) is 8.24. The van der Waals surface area contributed by atoms with Gasteiger partial charge < -0.3 is 4.74 Å². The van der Waals surface area contributed by atoms with Gasteiger partial charge in [0.1, 0.15) is 16.2 Å². The molecular weight excluding hydrogens is 362 g/mol. The molecule has 132 valence electrons. The van der Waals surface area contributed by atoms with E-state index in [0.29, 0.717) is 15.8 Å². The normalized spacial score (nSPS) is 20.6. The number of fused-ring (bicyclic) bond motifs is 1. The summed E-state index contributed by atoms with van der Waals surface area (Å²) in [7, 11) is 0. The molecular formula is C21H19NO2S2. The molecule has 2 aliphatic rings. The highest BCUT2D eigenvalue weighted by Crippen LogP contribution is 2.34. The zero-order chi connectivity index (χ0) is 18.1. The monoisotopic (exact) mass is 381 g/mol. The van der Waals surface area contributed by atoms with E-state index in [9.17, 15) is 4.79 Å². The predicted octanol–water partition coefficient (Wildman–Crippen LogP) is 4.45. The lowest BCUT2D eigenvalue weighted by Crippen LogP contribution is -2.30. The van der Waals surface area contributed by atoms with Gasteiger partial charge in [0.2, 0.25) is 0 Å². The van der Waals surface area contributed by atoms with Gasteiger partial charge in [-0.15, -0.1) is 0 Å². The van der Waals surface area contributed by atoms with Gasteiger partial charge in [0.15, 0.2) is 0 Å². The number of rotatable bonds is 4. The van der Waals surface area contributed by atoms with Gasteiger partial charge in [-0.05, 0) is 48.2 Å². The van der Waals surface area contributed by atoms with Crippen molar-refractivity contribution in [3.63, 3.8) is 0 Å². The summed E-state index contributed by atoms with van der Waals surface area (Å²) in [5.41, 5.74) is 3.43. The Hall–Kier alpha value is -2.11. The fourth-order valence-electron chi connectivity index (χ4n) is 3.26. The van der Waals surface area contributed by atoms with Gasteiger partial charge in [-0.25, -0.2) is 0 Å². The van der Waals surface area contributed by atoms with Crippen molar-refractivity contribution in [2.45, 2.75) is 25.9 Å². The van der Waals surface area contributed by atoms with E-state index in [1.807, 2.05) is 36.4 Å². The summed E-state index contributed by atoms with van der Waals surface area (Å²) >= 11 is 6.81. The van der Waals surface area contributed by atoms with Crippen LogP contribution in [-0.4, -0.2) is 27.8 Å². The van der Waals surface area contributed by atoms with E-state index in [1.54, 1.807) is 4.90 Å². The molecule has 3 nitrogen and oxygen atoms in total. The SMILES string of the molecule is C[C@@H]1Cc2cc(/C=C3\SC(=S)N(CCc4ccccc4)C3=O)ccc2O1. The van der Waals surface area contributed by atoms with Crippen molar-refractivity contribution in [2.24, 2.45) is 0 Å². The molecule has 5 heteroatoms. The van der Waals surface area contributed by atoms with Crippen LogP contribution in [0.2, 0.25) is 0 Å². The summed E-state index contributed by atoms with van der Waals surface area (Å²) in [4.78, 5) is 15.1. The lowest BCUT2D eigenvalue weighted by Gasteiger charge is -2.14. The fraction of sp³-hybridized carbons (Fsp3) is 0.238. The molecule has 0 unspecified atom stereocenters. The van der Waals surface area contributed by atoms with Gasteiger partial charge in [0.25, 0.3) is 5.91 Å².